The third kappa shape index (κ3) is 3.77. The smallest absolute Gasteiger partial charge is 0.118 e. The van der Waals surface area contributed by atoms with Crippen molar-refractivity contribution in [1.29, 1.82) is 4.78 Å². The lowest BCUT2D eigenvalue weighted by molar-refractivity contribution is 0.415. The van der Waals surface area contributed by atoms with Gasteiger partial charge in [0.25, 0.3) is 0 Å². The van der Waals surface area contributed by atoms with Gasteiger partial charge in [-0.1, -0.05) is 36.4 Å². The van der Waals surface area contributed by atoms with Crippen LogP contribution in [0.5, 0.6) is 5.75 Å². The third-order valence-electron chi connectivity index (χ3n) is 2.69. The lowest BCUT2D eigenvalue weighted by Crippen LogP contribution is -1.85. The summed E-state index contributed by atoms with van der Waals surface area (Å²) in [5, 5.41) is 0. The number of nitrogens with one attached hydrogen (secondary N) is 1. The molecule has 0 aromatic heterocycles. The zero-order valence-corrected chi connectivity index (χ0v) is 11.4. The Morgan fingerprint density at radius 3 is 1.84 bits per heavy atom. The highest BCUT2D eigenvalue weighted by atomic mass is 32.2. The summed E-state index contributed by atoms with van der Waals surface area (Å²) in [5.41, 5.74) is 2.12. The molecule has 0 saturated carbocycles. The number of ether oxygens (including phenoxy) is 1. The monoisotopic (exact) mass is 273 g/mol. The van der Waals surface area contributed by atoms with Crippen LogP contribution in [0.25, 0.3) is 12.2 Å². The Hall–Kier alpha value is -1.91. The molecule has 0 aliphatic heterocycles. The summed E-state index contributed by atoms with van der Waals surface area (Å²) < 4.78 is 21.5. The molecule has 2 rings (SSSR count). The highest BCUT2D eigenvalue weighted by molar-refractivity contribution is 7.80. The minimum Gasteiger partial charge on any atom is -0.497 e. The number of hydrogen-bond acceptors (Lipinski definition) is 2. The van der Waals surface area contributed by atoms with E-state index in [0.29, 0.717) is 4.90 Å². The molecule has 0 fully saturated rings. The zero-order valence-electron chi connectivity index (χ0n) is 10.5. The van der Waals surface area contributed by atoms with E-state index in [1.807, 2.05) is 48.6 Å². The maximum Gasteiger partial charge on any atom is 0.118 e. The molecule has 0 heterocycles. The summed E-state index contributed by atoms with van der Waals surface area (Å²) in [7, 11) is 0.228. The van der Waals surface area contributed by atoms with Crippen LogP contribution in [0.1, 0.15) is 11.1 Å². The van der Waals surface area contributed by atoms with Gasteiger partial charge in [0, 0.05) is 4.90 Å². The Bertz CT molecular complexity index is 589. The van der Waals surface area contributed by atoms with Crippen LogP contribution in [-0.2, 0) is 11.0 Å². The van der Waals surface area contributed by atoms with Gasteiger partial charge in [-0.3, -0.25) is 4.78 Å². The molecule has 2 aromatic carbocycles. The Morgan fingerprint density at radius 1 is 0.947 bits per heavy atom. The molecule has 0 aliphatic carbocycles. The second-order valence-electron chi connectivity index (χ2n) is 3.96. The Kier molecular flexibility index (Phi) is 4.49. The molecule has 0 radical (unpaired) electrons. The van der Waals surface area contributed by atoms with Crippen LogP contribution in [0.3, 0.4) is 0 Å². The van der Waals surface area contributed by atoms with Gasteiger partial charge >= 0.3 is 0 Å². The van der Waals surface area contributed by atoms with Gasteiger partial charge in [0.15, 0.2) is 0 Å². The topological polar surface area (TPSA) is 53.3 Å². The van der Waals surface area contributed by atoms with Crippen LogP contribution in [0.15, 0.2) is 53.4 Å². The lowest BCUT2D eigenvalue weighted by atomic mass is 10.1. The van der Waals surface area contributed by atoms with Crippen LogP contribution in [0.2, 0.25) is 0 Å². The Morgan fingerprint density at radius 2 is 1.42 bits per heavy atom. The van der Waals surface area contributed by atoms with E-state index < -0.39 is 11.0 Å². The standard InChI is InChI=1S/C15H15NO2S/c1-18-14-8-4-12(5-9-14)2-3-13-6-10-15(11-7-13)19(16)17/h2-11H,1H3,(H2,16,17)/t19-/m0/s1. The molecule has 2 N–H and O–H groups in total. The summed E-state index contributed by atoms with van der Waals surface area (Å²) in [6.45, 7) is 0. The minimum atomic E-state index is -1.42. The van der Waals surface area contributed by atoms with Crippen LogP contribution < -0.4 is 4.74 Å². The largest absolute Gasteiger partial charge is 0.497 e. The maximum absolute atomic E-state index is 9.14. The highest BCUT2D eigenvalue weighted by Gasteiger charge is 1.95. The third-order valence-corrected chi connectivity index (χ3v) is 3.41. The van der Waals surface area contributed by atoms with Gasteiger partial charge in [-0.15, -0.1) is 0 Å². The molecule has 1 atom stereocenters. The molecule has 2 aromatic rings. The summed E-state index contributed by atoms with van der Waals surface area (Å²) in [4.78, 5) is 0.626. The van der Waals surface area contributed by atoms with Crippen LogP contribution >= 0.6 is 0 Å². The van der Waals surface area contributed by atoms with E-state index in [9.17, 15) is 0 Å². The zero-order chi connectivity index (χ0) is 13.7. The second-order valence-corrected chi connectivity index (χ2v) is 5.00. The summed E-state index contributed by atoms with van der Waals surface area (Å²) in [5.74, 6) is 0.840. The van der Waals surface area contributed by atoms with Crippen molar-refractivity contribution in [2.24, 2.45) is 0 Å². The first-order valence-electron chi connectivity index (χ1n) is 5.76. The Balaban J connectivity index is 2.10. The predicted octanol–water partition coefficient (Wildman–Crippen LogP) is 4.08. The first-order chi connectivity index (χ1) is 9.19. The van der Waals surface area contributed by atoms with E-state index in [0.717, 1.165) is 16.9 Å². The van der Waals surface area contributed by atoms with Crippen molar-refractivity contribution >= 4 is 23.1 Å². The molecule has 98 valence electrons. The molecule has 0 amide bonds. The summed E-state index contributed by atoms with van der Waals surface area (Å²) >= 11 is 0. The number of methoxy groups -OCH3 is 1. The lowest BCUT2D eigenvalue weighted by Gasteiger charge is -2.00. The van der Waals surface area contributed by atoms with Crippen molar-refractivity contribution in [1.82, 2.24) is 0 Å². The van der Waals surface area contributed by atoms with Crippen molar-refractivity contribution in [2.45, 2.75) is 4.90 Å². The molecule has 0 saturated heterocycles. The number of benzene rings is 2. The minimum absolute atomic E-state index is 0.626. The molecule has 3 nitrogen and oxygen atoms in total. The van der Waals surface area contributed by atoms with E-state index in [1.54, 1.807) is 19.2 Å². The first kappa shape index (κ1) is 13.5. The fourth-order valence-electron chi connectivity index (χ4n) is 1.62. The average molecular weight is 273 g/mol. The van der Waals surface area contributed by atoms with Crippen LogP contribution in [0.4, 0.5) is 0 Å². The van der Waals surface area contributed by atoms with Gasteiger partial charge < -0.3 is 9.29 Å². The van der Waals surface area contributed by atoms with E-state index in [1.165, 1.54) is 0 Å². The van der Waals surface area contributed by atoms with Crippen molar-refractivity contribution in [3.05, 3.63) is 59.7 Å². The van der Waals surface area contributed by atoms with Gasteiger partial charge in [0.1, 0.15) is 5.75 Å². The normalized spacial score (nSPS) is 12.5. The predicted molar refractivity (Wildman–Crippen MR) is 79.3 cm³/mol. The van der Waals surface area contributed by atoms with Crippen molar-refractivity contribution in [3.63, 3.8) is 0 Å². The van der Waals surface area contributed by atoms with Crippen LogP contribution in [-0.4, -0.2) is 11.7 Å². The molecular weight excluding hydrogens is 258 g/mol. The molecule has 19 heavy (non-hydrogen) atoms. The van der Waals surface area contributed by atoms with Crippen LogP contribution in [0, 0.1) is 4.78 Å². The van der Waals surface area contributed by atoms with Crippen molar-refractivity contribution in [3.8, 4) is 5.75 Å². The fourth-order valence-corrected chi connectivity index (χ4v) is 2.01. The van der Waals surface area contributed by atoms with Crippen molar-refractivity contribution in [2.75, 3.05) is 7.11 Å². The van der Waals surface area contributed by atoms with Gasteiger partial charge in [-0.05, 0) is 35.4 Å². The fraction of sp³-hybridized carbons (Fsp3) is 0.0667. The summed E-state index contributed by atoms with van der Waals surface area (Å²) in [6, 6.07) is 15.1. The second kappa shape index (κ2) is 6.31. The SMILES string of the molecule is COc1ccc(C=Cc2ccc([S@@](=N)O)cc2)cc1. The molecule has 0 aliphatic rings. The molecule has 0 bridgehead atoms. The molecule has 4 heteroatoms. The maximum atomic E-state index is 9.14. The van der Waals surface area contributed by atoms with Gasteiger partial charge in [-0.25, -0.2) is 0 Å². The summed E-state index contributed by atoms with van der Waals surface area (Å²) in [6.07, 6.45) is 4.00. The number of rotatable bonds is 4. The van der Waals surface area contributed by atoms with Gasteiger partial charge in [0.05, 0.1) is 18.1 Å². The molecular formula is C15H15NO2S. The number of hydrogen-bond donors (Lipinski definition) is 2. The highest BCUT2D eigenvalue weighted by Crippen LogP contribution is 2.15. The molecule has 0 spiro atoms. The van der Waals surface area contributed by atoms with E-state index in [-0.39, 0.29) is 0 Å². The quantitative estimate of drug-likeness (QED) is 0.825. The van der Waals surface area contributed by atoms with Gasteiger partial charge in [0.2, 0.25) is 0 Å². The Labute approximate surface area is 115 Å². The van der Waals surface area contributed by atoms with Crippen molar-refractivity contribution < 1.29 is 9.29 Å². The first-order valence-corrected chi connectivity index (χ1v) is 6.94. The van der Waals surface area contributed by atoms with E-state index >= 15 is 0 Å². The average Bonchev–Trinajstić information content (AvgIpc) is 2.46. The van der Waals surface area contributed by atoms with E-state index in [4.69, 9.17) is 14.1 Å². The van der Waals surface area contributed by atoms with E-state index in [2.05, 4.69) is 0 Å². The molecule has 0 unspecified atom stereocenters. The van der Waals surface area contributed by atoms with Gasteiger partial charge in [-0.2, -0.15) is 0 Å².